The summed E-state index contributed by atoms with van der Waals surface area (Å²) in [5.74, 6) is 1.72. The molecule has 1 aromatic carbocycles. The Hall–Kier alpha value is -1.81. The molecule has 0 radical (unpaired) electrons. The molecule has 2 rings (SSSR count). The summed E-state index contributed by atoms with van der Waals surface area (Å²) in [7, 11) is 0. The van der Waals surface area contributed by atoms with Gasteiger partial charge in [0.2, 0.25) is 0 Å². The molecular weight excluding hydrogens is 274 g/mol. The maximum Gasteiger partial charge on any atom is 0.119 e. The quantitative estimate of drug-likeness (QED) is 0.433. The normalized spacial score (nSPS) is 18.8. The summed E-state index contributed by atoms with van der Waals surface area (Å²) in [6.07, 6.45) is 5.79. The van der Waals surface area contributed by atoms with Crippen molar-refractivity contribution < 1.29 is 4.74 Å². The minimum Gasteiger partial charge on any atom is -0.494 e. The number of para-hydroxylation sites is 1. The van der Waals surface area contributed by atoms with E-state index in [4.69, 9.17) is 10.5 Å². The van der Waals surface area contributed by atoms with Gasteiger partial charge < -0.3 is 15.4 Å². The van der Waals surface area contributed by atoms with Crippen LogP contribution in [0.1, 0.15) is 25.7 Å². The summed E-state index contributed by atoms with van der Waals surface area (Å²) in [5, 5.41) is 0. The standard InChI is InChI=1S/C18H27N3O/c1-16(20-15-19)8-9-17-10-12-21(14-17)11-5-13-22-18-6-3-2-4-7-18/h2-4,6-7,15,17H,1,5,8-14H2,(H2,19,20). The minimum atomic E-state index is 0.764. The Bertz CT molecular complexity index is 472. The van der Waals surface area contributed by atoms with Gasteiger partial charge in [0.1, 0.15) is 5.75 Å². The van der Waals surface area contributed by atoms with Crippen LogP contribution in [0.3, 0.4) is 0 Å². The highest BCUT2D eigenvalue weighted by molar-refractivity contribution is 5.53. The van der Waals surface area contributed by atoms with Crippen LogP contribution in [0, 0.1) is 5.92 Å². The van der Waals surface area contributed by atoms with Crippen LogP contribution in [0.5, 0.6) is 5.75 Å². The van der Waals surface area contributed by atoms with Crippen molar-refractivity contribution in [1.82, 2.24) is 4.90 Å². The molecule has 0 aliphatic carbocycles. The topological polar surface area (TPSA) is 50.8 Å². The van der Waals surface area contributed by atoms with Crippen molar-refractivity contribution in [2.75, 3.05) is 26.2 Å². The van der Waals surface area contributed by atoms with Crippen LogP contribution in [-0.2, 0) is 0 Å². The van der Waals surface area contributed by atoms with E-state index in [0.29, 0.717) is 0 Å². The Morgan fingerprint density at radius 2 is 2.23 bits per heavy atom. The molecule has 1 saturated heterocycles. The second kappa shape index (κ2) is 9.26. The van der Waals surface area contributed by atoms with Crippen molar-refractivity contribution in [3.63, 3.8) is 0 Å². The lowest BCUT2D eigenvalue weighted by Gasteiger charge is -2.16. The first-order valence-electron chi connectivity index (χ1n) is 8.10. The van der Waals surface area contributed by atoms with E-state index in [1.807, 2.05) is 30.3 Å². The highest BCUT2D eigenvalue weighted by atomic mass is 16.5. The molecule has 1 fully saturated rings. The average Bonchev–Trinajstić information content (AvgIpc) is 2.99. The summed E-state index contributed by atoms with van der Waals surface area (Å²) in [6.45, 7) is 8.19. The minimum absolute atomic E-state index is 0.764. The molecule has 120 valence electrons. The highest BCUT2D eigenvalue weighted by Gasteiger charge is 2.21. The third-order valence-corrected chi connectivity index (χ3v) is 4.10. The number of aliphatic imine (C=N–C) groups is 1. The van der Waals surface area contributed by atoms with Crippen molar-refractivity contribution >= 4 is 6.34 Å². The lowest BCUT2D eigenvalue weighted by Crippen LogP contribution is -2.23. The highest BCUT2D eigenvalue weighted by Crippen LogP contribution is 2.23. The first-order chi connectivity index (χ1) is 10.8. The molecule has 1 aliphatic rings. The smallest absolute Gasteiger partial charge is 0.119 e. The molecule has 1 aromatic rings. The second-order valence-corrected chi connectivity index (χ2v) is 5.85. The van der Waals surface area contributed by atoms with E-state index < -0.39 is 0 Å². The van der Waals surface area contributed by atoms with Crippen molar-refractivity contribution in [2.24, 2.45) is 16.6 Å². The van der Waals surface area contributed by atoms with Gasteiger partial charge in [-0.2, -0.15) is 0 Å². The molecule has 22 heavy (non-hydrogen) atoms. The van der Waals surface area contributed by atoms with Crippen molar-refractivity contribution in [2.45, 2.75) is 25.7 Å². The zero-order valence-electron chi connectivity index (χ0n) is 13.3. The number of likely N-dealkylation sites (tertiary alicyclic amines) is 1. The van der Waals surface area contributed by atoms with E-state index >= 15 is 0 Å². The summed E-state index contributed by atoms with van der Waals surface area (Å²) < 4.78 is 5.73. The molecule has 4 heteroatoms. The molecule has 0 bridgehead atoms. The predicted molar refractivity (Wildman–Crippen MR) is 92.2 cm³/mol. The molecule has 1 heterocycles. The summed E-state index contributed by atoms with van der Waals surface area (Å²) in [5.41, 5.74) is 6.16. The molecular formula is C18H27N3O. The zero-order valence-corrected chi connectivity index (χ0v) is 13.3. The van der Waals surface area contributed by atoms with Crippen LogP contribution in [0.25, 0.3) is 0 Å². The second-order valence-electron chi connectivity index (χ2n) is 5.85. The van der Waals surface area contributed by atoms with Crippen LogP contribution < -0.4 is 10.5 Å². The zero-order chi connectivity index (χ0) is 15.6. The van der Waals surface area contributed by atoms with Gasteiger partial charge in [-0.3, -0.25) is 0 Å². The molecule has 2 N–H and O–H groups in total. The Morgan fingerprint density at radius 3 is 3.00 bits per heavy atom. The molecule has 0 saturated carbocycles. The number of hydrogen-bond acceptors (Lipinski definition) is 3. The van der Waals surface area contributed by atoms with Gasteiger partial charge in [0, 0.05) is 18.8 Å². The third-order valence-electron chi connectivity index (χ3n) is 4.10. The molecule has 1 atom stereocenters. The fourth-order valence-electron chi connectivity index (χ4n) is 2.89. The maximum absolute atomic E-state index is 5.73. The SMILES string of the molecule is C=C(CCC1CCN(CCCOc2ccccc2)C1)N=CN. The number of nitrogens with zero attached hydrogens (tertiary/aromatic N) is 2. The molecule has 4 nitrogen and oxygen atoms in total. The fraction of sp³-hybridized carbons (Fsp3) is 0.500. The van der Waals surface area contributed by atoms with Crippen LogP contribution >= 0.6 is 0 Å². The van der Waals surface area contributed by atoms with E-state index in [0.717, 1.165) is 49.8 Å². The van der Waals surface area contributed by atoms with E-state index in [2.05, 4.69) is 16.5 Å². The van der Waals surface area contributed by atoms with Gasteiger partial charge in [0.15, 0.2) is 0 Å². The molecule has 1 aliphatic heterocycles. The Labute approximate surface area is 133 Å². The third kappa shape index (κ3) is 5.90. The van der Waals surface area contributed by atoms with Crippen LogP contribution in [0.2, 0.25) is 0 Å². The monoisotopic (exact) mass is 301 g/mol. The first kappa shape index (κ1) is 16.6. The Kier molecular flexibility index (Phi) is 6.97. The van der Waals surface area contributed by atoms with Crippen LogP contribution in [-0.4, -0.2) is 37.5 Å². The van der Waals surface area contributed by atoms with Gasteiger partial charge in [-0.15, -0.1) is 0 Å². The Balaban J connectivity index is 1.55. The molecule has 0 spiro atoms. The summed E-state index contributed by atoms with van der Waals surface area (Å²) >= 11 is 0. The molecule has 1 unspecified atom stereocenters. The van der Waals surface area contributed by atoms with E-state index in [1.54, 1.807) is 0 Å². The number of nitrogens with two attached hydrogens (primary N) is 1. The van der Waals surface area contributed by atoms with Crippen LogP contribution in [0.15, 0.2) is 47.6 Å². The number of hydrogen-bond donors (Lipinski definition) is 1. The molecule has 0 aromatic heterocycles. The van der Waals surface area contributed by atoms with Crippen molar-refractivity contribution in [3.05, 3.63) is 42.6 Å². The van der Waals surface area contributed by atoms with Gasteiger partial charge in [-0.25, -0.2) is 4.99 Å². The molecule has 0 amide bonds. The van der Waals surface area contributed by atoms with Crippen LogP contribution in [0.4, 0.5) is 0 Å². The van der Waals surface area contributed by atoms with Gasteiger partial charge in [-0.05, 0) is 50.3 Å². The van der Waals surface area contributed by atoms with E-state index in [9.17, 15) is 0 Å². The van der Waals surface area contributed by atoms with Gasteiger partial charge in [0.05, 0.1) is 12.9 Å². The van der Waals surface area contributed by atoms with E-state index in [1.165, 1.54) is 25.8 Å². The largest absolute Gasteiger partial charge is 0.494 e. The lowest BCUT2D eigenvalue weighted by atomic mass is 10.0. The van der Waals surface area contributed by atoms with E-state index in [-0.39, 0.29) is 0 Å². The van der Waals surface area contributed by atoms with Crippen molar-refractivity contribution in [1.29, 1.82) is 0 Å². The summed E-state index contributed by atoms with van der Waals surface area (Å²) in [6, 6.07) is 10.0. The number of rotatable bonds is 9. The summed E-state index contributed by atoms with van der Waals surface area (Å²) in [4.78, 5) is 6.56. The maximum atomic E-state index is 5.73. The van der Waals surface area contributed by atoms with Gasteiger partial charge >= 0.3 is 0 Å². The van der Waals surface area contributed by atoms with Gasteiger partial charge in [-0.1, -0.05) is 24.8 Å². The average molecular weight is 301 g/mol. The van der Waals surface area contributed by atoms with Crippen molar-refractivity contribution in [3.8, 4) is 5.75 Å². The number of ether oxygens (including phenoxy) is 1. The Morgan fingerprint density at radius 1 is 1.41 bits per heavy atom. The predicted octanol–water partition coefficient (Wildman–Crippen LogP) is 3.06. The number of benzene rings is 1. The van der Waals surface area contributed by atoms with Gasteiger partial charge in [0.25, 0.3) is 0 Å². The number of allylic oxidation sites excluding steroid dienone is 1. The first-order valence-corrected chi connectivity index (χ1v) is 8.10. The fourth-order valence-corrected chi connectivity index (χ4v) is 2.89. The lowest BCUT2D eigenvalue weighted by molar-refractivity contribution is 0.257.